The summed E-state index contributed by atoms with van der Waals surface area (Å²) in [6, 6.07) is 20.5. The molecule has 150 valence electrons. The van der Waals surface area contributed by atoms with Crippen molar-refractivity contribution in [3.05, 3.63) is 72.4 Å². The molecule has 0 spiro atoms. The van der Waals surface area contributed by atoms with Crippen LogP contribution in [0.4, 0.5) is 11.5 Å². The Labute approximate surface area is 170 Å². The number of para-hydroxylation sites is 1. The summed E-state index contributed by atoms with van der Waals surface area (Å²) in [5.74, 6) is 1.87. The number of amides is 1. The molecule has 0 aliphatic heterocycles. The smallest absolute Gasteiger partial charge is 0.271 e. The number of nitrogens with zero attached hydrogens (tertiary/aromatic N) is 3. The fourth-order valence-electron chi connectivity index (χ4n) is 2.59. The molecular weight excluding hydrogens is 366 g/mol. The van der Waals surface area contributed by atoms with Gasteiger partial charge in [-0.1, -0.05) is 18.2 Å². The first kappa shape index (κ1) is 20.3. The lowest BCUT2D eigenvalue weighted by Gasteiger charge is -2.10. The lowest BCUT2D eigenvalue weighted by Crippen LogP contribution is -2.28. The summed E-state index contributed by atoms with van der Waals surface area (Å²) in [5.41, 5.74) is 1.15. The molecule has 1 heterocycles. The van der Waals surface area contributed by atoms with Crippen molar-refractivity contribution in [3.63, 3.8) is 0 Å². The van der Waals surface area contributed by atoms with Crippen LogP contribution in [0.3, 0.4) is 0 Å². The Kier molecular flexibility index (Phi) is 7.13. The summed E-state index contributed by atoms with van der Waals surface area (Å²) in [5, 5.41) is 14.1. The first-order valence-corrected chi connectivity index (χ1v) is 9.47. The molecule has 0 saturated carbocycles. The maximum absolute atomic E-state index is 12.1. The number of hydrogen-bond donors (Lipinski definition) is 2. The van der Waals surface area contributed by atoms with Gasteiger partial charge in [-0.25, -0.2) is 0 Å². The van der Waals surface area contributed by atoms with Gasteiger partial charge in [0, 0.05) is 12.2 Å². The quantitative estimate of drug-likeness (QED) is 0.542. The predicted molar refractivity (Wildman–Crippen MR) is 114 cm³/mol. The molecule has 0 radical (unpaired) electrons. The van der Waals surface area contributed by atoms with E-state index in [9.17, 15) is 4.79 Å². The maximum Gasteiger partial charge on any atom is 0.271 e. The van der Waals surface area contributed by atoms with E-state index >= 15 is 0 Å². The average Bonchev–Trinajstić information content (AvgIpc) is 2.74. The Balaban J connectivity index is 1.51. The Morgan fingerprint density at radius 3 is 2.31 bits per heavy atom. The standard InChI is InChI=1S/C22H25N5O2/c1-27(2)16-6-15-23-22(28)20-13-14-21(26-25-20)24-17-9-11-19(12-10-17)29-18-7-4-3-5-8-18/h3-5,7-14H,6,15-16H2,1-2H3,(H,23,28)(H,24,26). The zero-order valence-electron chi connectivity index (χ0n) is 16.6. The van der Waals surface area contributed by atoms with E-state index in [1.165, 1.54) is 0 Å². The SMILES string of the molecule is CN(C)CCCNC(=O)c1ccc(Nc2ccc(Oc3ccccc3)cc2)nn1. The molecule has 2 aromatic carbocycles. The molecular formula is C22H25N5O2. The number of aromatic nitrogens is 2. The normalized spacial score (nSPS) is 10.6. The van der Waals surface area contributed by atoms with Crippen LogP contribution in [0.25, 0.3) is 0 Å². The number of carbonyl (C=O) groups is 1. The highest BCUT2D eigenvalue weighted by Gasteiger charge is 2.08. The Hall–Kier alpha value is -3.45. The van der Waals surface area contributed by atoms with Crippen molar-refractivity contribution in [3.8, 4) is 11.5 Å². The second-order valence-corrected chi connectivity index (χ2v) is 6.78. The molecule has 7 heteroatoms. The van der Waals surface area contributed by atoms with Gasteiger partial charge in [0.15, 0.2) is 11.5 Å². The minimum Gasteiger partial charge on any atom is -0.457 e. The number of carbonyl (C=O) groups excluding carboxylic acids is 1. The fraction of sp³-hybridized carbons (Fsp3) is 0.227. The molecule has 0 bridgehead atoms. The van der Waals surface area contributed by atoms with Crippen LogP contribution in [0.2, 0.25) is 0 Å². The van der Waals surface area contributed by atoms with Gasteiger partial charge < -0.3 is 20.3 Å². The monoisotopic (exact) mass is 391 g/mol. The predicted octanol–water partition coefficient (Wildman–Crippen LogP) is 3.69. The third-order valence-electron chi connectivity index (χ3n) is 4.07. The van der Waals surface area contributed by atoms with E-state index in [2.05, 4.69) is 25.7 Å². The van der Waals surface area contributed by atoms with Gasteiger partial charge in [0.25, 0.3) is 5.91 Å². The molecule has 0 saturated heterocycles. The number of nitrogens with one attached hydrogen (secondary N) is 2. The van der Waals surface area contributed by atoms with E-state index < -0.39 is 0 Å². The number of benzene rings is 2. The van der Waals surface area contributed by atoms with Crippen LogP contribution in [0.15, 0.2) is 66.7 Å². The minimum absolute atomic E-state index is 0.217. The van der Waals surface area contributed by atoms with E-state index in [4.69, 9.17) is 4.74 Å². The van der Waals surface area contributed by atoms with Crippen LogP contribution >= 0.6 is 0 Å². The van der Waals surface area contributed by atoms with Crippen LogP contribution in [-0.2, 0) is 0 Å². The van der Waals surface area contributed by atoms with Gasteiger partial charge in [-0.05, 0) is 75.6 Å². The highest BCUT2D eigenvalue weighted by molar-refractivity contribution is 5.92. The summed E-state index contributed by atoms with van der Waals surface area (Å²) in [6.45, 7) is 1.53. The van der Waals surface area contributed by atoms with Crippen molar-refractivity contribution < 1.29 is 9.53 Å². The molecule has 29 heavy (non-hydrogen) atoms. The summed E-state index contributed by atoms with van der Waals surface area (Å²) < 4.78 is 5.78. The zero-order chi connectivity index (χ0) is 20.5. The second kappa shape index (κ2) is 10.2. The summed E-state index contributed by atoms with van der Waals surface area (Å²) >= 11 is 0. The second-order valence-electron chi connectivity index (χ2n) is 6.78. The molecule has 2 N–H and O–H groups in total. The number of rotatable bonds is 9. The van der Waals surface area contributed by atoms with E-state index in [-0.39, 0.29) is 5.91 Å². The first-order chi connectivity index (χ1) is 14.1. The van der Waals surface area contributed by atoms with Crippen molar-refractivity contribution in [1.29, 1.82) is 0 Å². The molecule has 0 atom stereocenters. The van der Waals surface area contributed by atoms with Crippen LogP contribution in [0.1, 0.15) is 16.9 Å². The Morgan fingerprint density at radius 2 is 1.66 bits per heavy atom. The topological polar surface area (TPSA) is 79.4 Å². The molecule has 1 aromatic heterocycles. The fourth-order valence-corrected chi connectivity index (χ4v) is 2.59. The number of anilines is 2. The molecule has 1 amide bonds. The van der Waals surface area contributed by atoms with Gasteiger partial charge in [-0.3, -0.25) is 4.79 Å². The zero-order valence-corrected chi connectivity index (χ0v) is 16.6. The Bertz CT molecular complexity index is 897. The Morgan fingerprint density at radius 1 is 0.931 bits per heavy atom. The van der Waals surface area contributed by atoms with Gasteiger partial charge in [0.2, 0.25) is 0 Å². The molecule has 3 rings (SSSR count). The maximum atomic E-state index is 12.1. The summed E-state index contributed by atoms with van der Waals surface area (Å²) in [7, 11) is 4.01. The first-order valence-electron chi connectivity index (χ1n) is 9.47. The van der Waals surface area contributed by atoms with Gasteiger partial charge in [-0.2, -0.15) is 0 Å². The van der Waals surface area contributed by atoms with Crippen molar-refractivity contribution in [2.24, 2.45) is 0 Å². The van der Waals surface area contributed by atoms with E-state index in [1.807, 2.05) is 68.7 Å². The van der Waals surface area contributed by atoms with Crippen molar-refractivity contribution in [2.45, 2.75) is 6.42 Å². The highest BCUT2D eigenvalue weighted by atomic mass is 16.5. The lowest BCUT2D eigenvalue weighted by molar-refractivity contribution is 0.0946. The van der Waals surface area contributed by atoms with E-state index in [0.717, 1.165) is 30.2 Å². The highest BCUT2D eigenvalue weighted by Crippen LogP contribution is 2.23. The molecule has 0 unspecified atom stereocenters. The molecule has 0 aliphatic carbocycles. The molecule has 0 aliphatic rings. The molecule has 7 nitrogen and oxygen atoms in total. The number of ether oxygens (including phenoxy) is 1. The van der Waals surface area contributed by atoms with Crippen LogP contribution in [-0.4, -0.2) is 48.2 Å². The van der Waals surface area contributed by atoms with Crippen molar-refractivity contribution in [1.82, 2.24) is 20.4 Å². The van der Waals surface area contributed by atoms with E-state index in [0.29, 0.717) is 18.1 Å². The van der Waals surface area contributed by atoms with E-state index in [1.54, 1.807) is 12.1 Å². The van der Waals surface area contributed by atoms with Crippen LogP contribution < -0.4 is 15.4 Å². The van der Waals surface area contributed by atoms with Gasteiger partial charge in [0.05, 0.1) is 0 Å². The third-order valence-corrected chi connectivity index (χ3v) is 4.07. The third kappa shape index (κ3) is 6.58. The van der Waals surface area contributed by atoms with Gasteiger partial charge in [-0.15, -0.1) is 10.2 Å². The van der Waals surface area contributed by atoms with Crippen molar-refractivity contribution in [2.75, 3.05) is 32.5 Å². The molecule has 0 fully saturated rings. The van der Waals surface area contributed by atoms with Crippen LogP contribution in [0, 0.1) is 0 Å². The van der Waals surface area contributed by atoms with Crippen molar-refractivity contribution >= 4 is 17.4 Å². The largest absolute Gasteiger partial charge is 0.457 e. The molecule has 3 aromatic rings. The van der Waals surface area contributed by atoms with Crippen LogP contribution in [0.5, 0.6) is 11.5 Å². The summed E-state index contributed by atoms with van der Waals surface area (Å²) in [4.78, 5) is 14.2. The lowest BCUT2D eigenvalue weighted by atomic mass is 10.3. The summed E-state index contributed by atoms with van der Waals surface area (Å²) in [6.07, 6.45) is 0.885. The average molecular weight is 391 g/mol. The van der Waals surface area contributed by atoms with Gasteiger partial charge >= 0.3 is 0 Å². The number of hydrogen-bond acceptors (Lipinski definition) is 6. The van der Waals surface area contributed by atoms with Gasteiger partial charge in [0.1, 0.15) is 11.5 Å². The minimum atomic E-state index is -0.217.